The molecule has 16 heavy (non-hydrogen) atoms. The van der Waals surface area contributed by atoms with Crippen molar-refractivity contribution in [1.82, 2.24) is 5.32 Å². The zero-order chi connectivity index (χ0) is 12.3. The lowest BCUT2D eigenvalue weighted by Gasteiger charge is -2.09. The Morgan fingerprint density at radius 3 is 2.44 bits per heavy atom. The van der Waals surface area contributed by atoms with Gasteiger partial charge in [-0.3, -0.25) is 4.79 Å². The minimum absolute atomic E-state index is 0.0825. The number of rotatable bonds is 3. The monoisotopic (exact) mass is 231 g/mol. The van der Waals surface area contributed by atoms with Gasteiger partial charge < -0.3 is 5.32 Å². The number of amides is 1. The predicted octanol–water partition coefficient (Wildman–Crippen LogP) is 2.17. The summed E-state index contributed by atoms with van der Waals surface area (Å²) in [6.45, 7) is 3.50. The summed E-state index contributed by atoms with van der Waals surface area (Å²) in [6, 6.07) is 1.78. The second-order valence-corrected chi connectivity index (χ2v) is 3.73. The van der Waals surface area contributed by atoms with Gasteiger partial charge >= 0.3 is 0 Å². The average molecular weight is 231 g/mol. The Morgan fingerprint density at radius 2 is 1.88 bits per heavy atom. The smallest absolute Gasteiger partial charge is 0.224 e. The molecule has 88 valence electrons. The van der Waals surface area contributed by atoms with Crippen LogP contribution in [0.3, 0.4) is 0 Å². The Labute approximate surface area is 91.5 Å². The van der Waals surface area contributed by atoms with E-state index in [2.05, 4.69) is 5.32 Å². The first kappa shape index (κ1) is 12.5. The van der Waals surface area contributed by atoms with Gasteiger partial charge in [-0.2, -0.15) is 0 Å². The molecule has 0 saturated carbocycles. The lowest BCUT2D eigenvalue weighted by atomic mass is 10.1. The van der Waals surface area contributed by atoms with E-state index < -0.39 is 23.4 Å². The molecule has 0 saturated heterocycles. The van der Waals surface area contributed by atoms with Gasteiger partial charge in [-0.05, 0) is 19.9 Å². The van der Waals surface area contributed by atoms with Crippen molar-refractivity contribution in [3.8, 4) is 0 Å². The molecule has 1 aromatic carbocycles. The largest absolute Gasteiger partial charge is 0.354 e. The molecule has 0 atom stereocenters. The Hall–Kier alpha value is -1.52. The molecule has 0 unspecified atom stereocenters. The summed E-state index contributed by atoms with van der Waals surface area (Å²) in [5, 5.41) is 2.53. The molecule has 0 aromatic heterocycles. The van der Waals surface area contributed by atoms with Crippen molar-refractivity contribution in [2.45, 2.75) is 26.3 Å². The Morgan fingerprint density at radius 1 is 1.25 bits per heavy atom. The van der Waals surface area contributed by atoms with Crippen LogP contribution in [0.4, 0.5) is 13.2 Å². The highest BCUT2D eigenvalue weighted by molar-refractivity contribution is 5.78. The lowest BCUT2D eigenvalue weighted by molar-refractivity contribution is -0.120. The van der Waals surface area contributed by atoms with Crippen LogP contribution in [0.25, 0.3) is 0 Å². The first-order chi connectivity index (χ1) is 7.41. The number of hydrogen-bond donors (Lipinski definition) is 1. The van der Waals surface area contributed by atoms with Crippen LogP contribution in [0.1, 0.15) is 19.4 Å². The highest BCUT2D eigenvalue weighted by atomic mass is 19.2. The molecule has 0 aliphatic rings. The fourth-order valence-electron chi connectivity index (χ4n) is 1.25. The molecule has 5 heteroatoms. The van der Waals surface area contributed by atoms with Crippen LogP contribution in [0.2, 0.25) is 0 Å². The second-order valence-electron chi connectivity index (χ2n) is 3.73. The van der Waals surface area contributed by atoms with E-state index in [9.17, 15) is 18.0 Å². The molecular formula is C11H12F3NO. The maximum Gasteiger partial charge on any atom is 0.224 e. The third kappa shape index (κ3) is 2.98. The molecule has 0 heterocycles. The van der Waals surface area contributed by atoms with Gasteiger partial charge in [-0.25, -0.2) is 13.2 Å². The number of carbonyl (C=O) groups excluding carboxylic acids is 1. The van der Waals surface area contributed by atoms with Gasteiger partial charge in [0.2, 0.25) is 5.91 Å². The molecule has 1 N–H and O–H groups in total. The lowest BCUT2D eigenvalue weighted by Crippen LogP contribution is -2.31. The van der Waals surface area contributed by atoms with Gasteiger partial charge in [0.05, 0.1) is 6.42 Å². The summed E-state index contributed by atoms with van der Waals surface area (Å²) in [7, 11) is 0. The van der Waals surface area contributed by atoms with E-state index in [-0.39, 0.29) is 18.0 Å². The minimum atomic E-state index is -1.55. The van der Waals surface area contributed by atoms with E-state index in [1.165, 1.54) is 0 Å². The molecular weight excluding hydrogens is 219 g/mol. The quantitative estimate of drug-likeness (QED) is 0.793. The third-order valence-corrected chi connectivity index (χ3v) is 1.92. The molecule has 0 bridgehead atoms. The van der Waals surface area contributed by atoms with Gasteiger partial charge in [-0.1, -0.05) is 6.07 Å². The molecule has 1 rings (SSSR count). The van der Waals surface area contributed by atoms with E-state index in [1.54, 1.807) is 13.8 Å². The van der Waals surface area contributed by atoms with Crippen LogP contribution < -0.4 is 5.32 Å². The zero-order valence-electron chi connectivity index (χ0n) is 8.98. The summed E-state index contributed by atoms with van der Waals surface area (Å²) in [4.78, 5) is 11.3. The Kier molecular flexibility index (Phi) is 3.93. The minimum Gasteiger partial charge on any atom is -0.354 e. The summed E-state index contributed by atoms with van der Waals surface area (Å²) >= 11 is 0. The number of halogens is 3. The SMILES string of the molecule is CC(C)NC(=O)Cc1ccc(F)c(F)c1F. The highest BCUT2D eigenvalue weighted by Crippen LogP contribution is 2.15. The zero-order valence-corrected chi connectivity index (χ0v) is 8.98. The summed E-state index contributed by atoms with van der Waals surface area (Å²) in [6.07, 6.45) is -0.304. The number of nitrogens with one attached hydrogen (secondary N) is 1. The van der Waals surface area contributed by atoms with Crippen LogP contribution in [0, 0.1) is 17.5 Å². The Balaban J connectivity index is 2.82. The number of hydrogen-bond acceptors (Lipinski definition) is 1. The van der Waals surface area contributed by atoms with Crippen LogP contribution in [-0.2, 0) is 11.2 Å². The standard InChI is InChI=1S/C11H12F3NO/c1-6(2)15-9(16)5-7-3-4-8(12)11(14)10(7)13/h3-4,6H,5H2,1-2H3,(H,15,16). The molecule has 2 nitrogen and oxygen atoms in total. The topological polar surface area (TPSA) is 29.1 Å². The maximum atomic E-state index is 13.2. The van der Waals surface area contributed by atoms with Gasteiger partial charge in [0.15, 0.2) is 17.5 Å². The maximum absolute atomic E-state index is 13.2. The van der Waals surface area contributed by atoms with Crippen LogP contribution >= 0.6 is 0 Å². The molecule has 1 amide bonds. The molecule has 0 spiro atoms. The van der Waals surface area contributed by atoms with Crippen molar-refractivity contribution in [3.05, 3.63) is 35.1 Å². The van der Waals surface area contributed by atoms with E-state index in [4.69, 9.17) is 0 Å². The van der Waals surface area contributed by atoms with Crippen LogP contribution in [-0.4, -0.2) is 11.9 Å². The normalized spacial score (nSPS) is 10.6. The second kappa shape index (κ2) is 5.01. The van der Waals surface area contributed by atoms with Crippen LogP contribution in [0.15, 0.2) is 12.1 Å². The number of benzene rings is 1. The van der Waals surface area contributed by atoms with E-state index in [1.807, 2.05) is 0 Å². The molecule has 0 aliphatic carbocycles. The summed E-state index contributed by atoms with van der Waals surface area (Å²) < 4.78 is 38.6. The van der Waals surface area contributed by atoms with Crippen LogP contribution in [0.5, 0.6) is 0 Å². The van der Waals surface area contributed by atoms with E-state index in [0.717, 1.165) is 12.1 Å². The predicted molar refractivity (Wildman–Crippen MR) is 53.3 cm³/mol. The molecule has 0 radical (unpaired) electrons. The fraction of sp³-hybridized carbons (Fsp3) is 0.364. The molecule has 0 fully saturated rings. The van der Waals surface area contributed by atoms with Gasteiger partial charge in [-0.15, -0.1) is 0 Å². The number of carbonyl (C=O) groups is 1. The first-order valence-corrected chi connectivity index (χ1v) is 4.83. The van der Waals surface area contributed by atoms with Crippen molar-refractivity contribution < 1.29 is 18.0 Å². The fourth-order valence-corrected chi connectivity index (χ4v) is 1.25. The van der Waals surface area contributed by atoms with Crippen molar-refractivity contribution in [2.75, 3.05) is 0 Å². The van der Waals surface area contributed by atoms with Gasteiger partial charge in [0.25, 0.3) is 0 Å². The first-order valence-electron chi connectivity index (χ1n) is 4.83. The summed E-state index contributed by atoms with van der Waals surface area (Å²) in [5.41, 5.74) is -0.156. The third-order valence-electron chi connectivity index (χ3n) is 1.92. The Bertz CT molecular complexity index is 404. The van der Waals surface area contributed by atoms with E-state index in [0.29, 0.717) is 0 Å². The van der Waals surface area contributed by atoms with Crippen molar-refractivity contribution in [3.63, 3.8) is 0 Å². The molecule has 0 aliphatic heterocycles. The highest BCUT2D eigenvalue weighted by Gasteiger charge is 2.15. The van der Waals surface area contributed by atoms with Crippen molar-refractivity contribution in [1.29, 1.82) is 0 Å². The molecule has 1 aromatic rings. The van der Waals surface area contributed by atoms with Gasteiger partial charge in [0.1, 0.15) is 0 Å². The average Bonchev–Trinajstić information content (AvgIpc) is 2.18. The summed E-state index contributed by atoms with van der Waals surface area (Å²) in [5.74, 6) is -4.54. The van der Waals surface area contributed by atoms with E-state index >= 15 is 0 Å². The van der Waals surface area contributed by atoms with Gasteiger partial charge in [0, 0.05) is 11.6 Å². The van der Waals surface area contributed by atoms with Crippen molar-refractivity contribution >= 4 is 5.91 Å². The van der Waals surface area contributed by atoms with Crippen molar-refractivity contribution in [2.24, 2.45) is 0 Å².